The van der Waals surface area contributed by atoms with Crippen LogP contribution in [0.25, 0.3) is 0 Å². The molecule has 4 heteroatoms. The van der Waals surface area contributed by atoms with Crippen LogP contribution in [0.3, 0.4) is 0 Å². The Morgan fingerprint density at radius 2 is 2.32 bits per heavy atom. The Morgan fingerprint density at radius 1 is 1.47 bits per heavy atom. The van der Waals surface area contributed by atoms with Gasteiger partial charge in [-0.1, -0.05) is 12.1 Å². The molecule has 19 heavy (non-hydrogen) atoms. The molecule has 2 unspecified atom stereocenters. The van der Waals surface area contributed by atoms with Crippen molar-refractivity contribution in [3.63, 3.8) is 0 Å². The molecule has 1 heterocycles. The number of hydrogen-bond acceptors (Lipinski definition) is 4. The molecule has 0 spiro atoms. The van der Waals surface area contributed by atoms with Crippen LogP contribution >= 0.6 is 0 Å². The molecule has 1 aromatic rings. The molecule has 2 rings (SSSR count). The predicted octanol–water partition coefficient (Wildman–Crippen LogP) is 1.81. The zero-order chi connectivity index (χ0) is 13.7. The van der Waals surface area contributed by atoms with E-state index in [0.717, 1.165) is 38.0 Å². The largest absolute Gasteiger partial charge is 0.493 e. The van der Waals surface area contributed by atoms with Gasteiger partial charge in [0, 0.05) is 19.6 Å². The van der Waals surface area contributed by atoms with E-state index < -0.39 is 0 Å². The van der Waals surface area contributed by atoms with E-state index in [9.17, 15) is 0 Å². The maximum absolute atomic E-state index is 5.60. The lowest BCUT2D eigenvalue weighted by Crippen LogP contribution is -2.37. The molecule has 106 valence electrons. The molecule has 0 aliphatic carbocycles. The first-order chi connectivity index (χ1) is 9.22. The molecule has 0 aromatic heterocycles. The minimum absolute atomic E-state index is 0.231. The van der Waals surface area contributed by atoms with Crippen molar-refractivity contribution >= 4 is 0 Å². The Bertz CT molecular complexity index is 409. The van der Waals surface area contributed by atoms with Crippen LogP contribution < -0.4 is 16.0 Å². The fourth-order valence-corrected chi connectivity index (χ4v) is 2.50. The number of methoxy groups -OCH3 is 1. The van der Waals surface area contributed by atoms with Gasteiger partial charge in [0.2, 0.25) is 0 Å². The first kappa shape index (κ1) is 14.3. The SMILES string of the molecule is COC(C)CC(CCc1ccc2c(c1)CCO2)NN. The van der Waals surface area contributed by atoms with Crippen molar-refractivity contribution in [2.45, 2.75) is 44.8 Å². The van der Waals surface area contributed by atoms with Crippen LogP contribution in [0.4, 0.5) is 0 Å². The monoisotopic (exact) mass is 264 g/mol. The number of benzene rings is 1. The summed E-state index contributed by atoms with van der Waals surface area (Å²) >= 11 is 0. The number of hydrogen-bond donors (Lipinski definition) is 2. The Balaban J connectivity index is 1.87. The van der Waals surface area contributed by atoms with Crippen molar-refractivity contribution < 1.29 is 9.47 Å². The molecule has 1 aliphatic heterocycles. The van der Waals surface area contributed by atoms with E-state index in [1.165, 1.54) is 11.1 Å². The number of hydrazine groups is 1. The fraction of sp³-hybridized carbons (Fsp3) is 0.600. The van der Waals surface area contributed by atoms with Crippen molar-refractivity contribution in [2.24, 2.45) is 5.84 Å². The highest BCUT2D eigenvalue weighted by atomic mass is 16.5. The average Bonchev–Trinajstić information content (AvgIpc) is 2.90. The van der Waals surface area contributed by atoms with Gasteiger partial charge < -0.3 is 9.47 Å². The summed E-state index contributed by atoms with van der Waals surface area (Å²) in [6.07, 6.45) is 4.24. The van der Waals surface area contributed by atoms with Gasteiger partial charge in [-0.3, -0.25) is 11.3 Å². The first-order valence-corrected chi connectivity index (χ1v) is 6.96. The van der Waals surface area contributed by atoms with E-state index in [4.69, 9.17) is 15.3 Å². The summed E-state index contributed by atoms with van der Waals surface area (Å²) in [6.45, 7) is 2.88. The van der Waals surface area contributed by atoms with Gasteiger partial charge in [-0.15, -0.1) is 0 Å². The van der Waals surface area contributed by atoms with E-state index in [2.05, 4.69) is 30.5 Å². The molecule has 0 fully saturated rings. The zero-order valence-electron chi connectivity index (χ0n) is 11.8. The Kier molecular flexibility index (Phi) is 5.19. The maximum Gasteiger partial charge on any atom is 0.122 e. The third-order valence-corrected chi connectivity index (χ3v) is 3.79. The van der Waals surface area contributed by atoms with E-state index >= 15 is 0 Å². The molecule has 0 bridgehead atoms. The number of aryl methyl sites for hydroxylation is 1. The highest BCUT2D eigenvalue weighted by Crippen LogP contribution is 2.26. The van der Waals surface area contributed by atoms with Gasteiger partial charge in [0.25, 0.3) is 0 Å². The molecule has 4 nitrogen and oxygen atoms in total. The lowest BCUT2D eigenvalue weighted by atomic mass is 9.99. The van der Waals surface area contributed by atoms with Crippen LogP contribution in [0.5, 0.6) is 5.75 Å². The lowest BCUT2D eigenvalue weighted by molar-refractivity contribution is 0.0993. The number of rotatable bonds is 7. The average molecular weight is 264 g/mol. The third kappa shape index (κ3) is 3.93. The summed E-state index contributed by atoms with van der Waals surface area (Å²) in [5, 5.41) is 0. The molecular weight excluding hydrogens is 240 g/mol. The lowest BCUT2D eigenvalue weighted by Gasteiger charge is -2.19. The van der Waals surface area contributed by atoms with Gasteiger partial charge >= 0.3 is 0 Å². The van der Waals surface area contributed by atoms with Crippen LogP contribution in [-0.2, 0) is 17.6 Å². The molecule has 1 aliphatic rings. The number of nitrogens with one attached hydrogen (secondary N) is 1. The fourth-order valence-electron chi connectivity index (χ4n) is 2.50. The van der Waals surface area contributed by atoms with Gasteiger partial charge in [0.1, 0.15) is 5.75 Å². The molecule has 0 amide bonds. The summed E-state index contributed by atoms with van der Waals surface area (Å²) in [5.74, 6) is 6.65. The topological polar surface area (TPSA) is 56.5 Å². The van der Waals surface area contributed by atoms with Gasteiger partial charge in [0.15, 0.2) is 0 Å². The standard InChI is InChI=1S/C15H24N2O2/c1-11(18-2)9-14(17-16)5-3-12-4-6-15-13(10-12)7-8-19-15/h4,6,10-11,14,17H,3,5,7-9,16H2,1-2H3. The van der Waals surface area contributed by atoms with Crippen LogP contribution in [0.1, 0.15) is 30.9 Å². The van der Waals surface area contributed by atoms with Crippen molar-refractivity contribution in [3.8, 4) is 5.75 Å². The highest BCUT2D eigenvalue weighted by molar-refractivity contribution is 5.39. The molecule has 3 N–H and O–H groups in total. The Labute approximate surface area is 115 Å². The van der Waals surface area contributed by atoms with Gasteiger partial charge in [-0.2, -0.15) is 0 Å². The molecule has 2 atom stereocenters. The van der Waals surface area contributed by atoms with E-state index in [1.807, 2.05) is 0 Å². The third-order valence-electron chi connectivity index (χ3n) is 3.79. The molecule has 0 radical (unpaired) electrons. The van der Waals surface area contributed by atoms with Gasteiger partial charge in [0.05, 0.1) is 12.7 Å². The zero-order valence-corrected chi connectivity index (χ0v) is 11.8. The summed E-state index contributed by atoms with van der Waals surface area (Å²) in [4.78, 5) is 0. The second-order valence-corrected chi connectivity index (χ2v) is 5.22. The molecule has 0 saturated carbocycles. The number of ether oxygens (including phenoxy) is 2. The Hall–Kier alpha value is -1.10. The molecule has 0 saturated heterocycles. The van der Waals surface area contributed by atoms with Crippen LogP contribution in [0.2, 0.25) is 0 Å². The first-order valence-electron chi connectivity index (χ1n) is 6.96. The summed E-state index contributed by atoms with van der Waals surface area (Å²) < 4.78 is 10.8. The minimum Gasteiger partial charge on any atom is -0.493 e. The van der Waals surface area contributed by atoms with Gasteiger partial charge in [-0.25, -0.2) is 0 Å². The normalized spacial score (nSPS) is 16.8. The number of nitrogens with two attached hydrogens (primary N) is 1. The predicted molar refractivity (Wildman–Crippen MR) is 76.2 cm³/mol. The molecule has 1 aromatic carbocycles. The maximum atomic E-state index is 5.60. The summed E-state index contributed by atoms with van der Waals surface area (Å²) in [7, 11) is 1.73. The van der Waals surface area contributed by atoms with Crippen molar-refractivity contribution in [1.29, 1.82) is 0 Å². The second-order valence-electron chi connectivity index (χ2n) is 5.22. The summed E-state index contributed by atoms with van der Waals surface area (Å²) in [5.41, 5.74) is 5.57. The van der Waals surface area contributed by atoms with Crippen LogP contribution in [0.15, 0.2) is 18.2 Å². The second kappa shape index (κ2) is 6.89. The quantitative estimate of drug-likeness (QED) is 0.582. The summed E-state index contributed by atoms with van der Waals surface area (Å²) in [6, 6.07) is 6.78. The van der Waals surface area contributed by atoms with E-state index in [0.29, 0.717) is 6.04 Å². The minimum atomic E-state index is 0.231. The molecular formula is C15H24N2O2. The van der Waals surface area contributed by atoms with Crippen molar-refractivity contribution in [3.05, 3.63) is 29.3 Å². The Morgan fingerprint density at radius 3 is 3.05 bits per heavy atom. The van der Waals surface area contributed by atoms with Crippen LogP contribution in [-0.4, -0.2) is 25.9 Å². The smallest absolute Gasteiger partial charge is 0.122 e. The van der Waals surface area contributed by atoms with Crippen molar-refractivity contribution in [1.82, 2.24) is 5.43 Å². The van der Waals surface area contributed by atoms with E-state index in [1.54, 1.807) is 7.11 Å². The highest BCUT2D eigenvalue weighted by Gasteiger charge is 2.14. The van der Waals surface area contributed by atoms with Gasteiger partial charge in [-0.05, 0) is 43.4 Å². The van der Waals surface area contributed by atoms with Crippen molar-refractivity contribution in [2.75, 3.05) is 13.7 Å². The number of fused-ring (bicyclic) bond motifs is 1. The van der Waals surface area contributed by atoms with Crippen LogP contribution in [0, 0.1) is 0 Å². The van der Waals surface area contributed by atoms with E-state index in [-0.39, 0.29) is 6.10 Å².